The highest BCUT2D eigenvalue weighted by Gasteiger charge is 2.53. The van der Waals surface area contributed by atoms with Crippen molar-refractivity contribution in [2.24, 2.45) is 28.6 Å². The molecule has 1 atom stereocenters. The lowest BCUT2D eigenvalue weighted by atomic mass is 9.47. The molecule has 4 saturated carbocycles. The minimum Gasteiger partial charge on any atom is -0.395 e. The Morgan fingerprint density at radius 2 is 1.50 bits per heavy atom. The molecule has 1 unspecified atom stereocenters. The van der Waals surface area contributed by atoms with E-state index in [9.17, 15) is 5.11 Å². The number of aliphatic hydroxyl groups excluding tert-OH is 1. The quantitative estimate of drug-likeness (QED) is 0.831. The largest absolute Gasteiger partial charge is 0.395 e. The molecule has 0 aromatic carbocycles. The van der Waals surface area contributed by atoms with Crippen LogP contribution in [0.4, 0.5) is 0 Å². The van der Waals surface area contributed by atoms with Crippen LogP contribution in [0.15, 0.2) is 0 Å². The molecular weight excluding hydrogens is 270 g/mol. The first-order valence-corrected chi connectivity index (χ1v) is 8.24. The zero-order valence-electron chi connectivity index (χ0n) is 13.3. The first kappa shape index (κ1) is 16.6. The summed E-state index contributed by atoms with van der Waals surface area (Å²) in [5.41, 5.74) is 0.727. The molecule has 4 aliphatic rings. The maximum Gasteiger partial charge on any atom is 0.0590 e. The number of rotatable bonds is 4. The average molecular weight is 302 g/mol. The van der Waals surface area contributed by atoms with Gasteiger partial charge in [-0.05, 0) is 67.1 Å². The van der Waals surface area contributed by atoms with Crippen molar-refractivity contribution in [2.75, 3.05) is 13.2 Å². The molecule has 118 valence electrons. The summed E-state index contributed by atoms with van der Waals surface area (Å²) in [4.78, 5) is 0. The smallest absolute Gasteiger partial charge is 0.0590 e. The second-order valence-electron chi connectivity index (χ2n) is 8.96. The maximum absolute atomic E-state index is 9.92. The number of halogens is 1. The van der Waals surface area contributed by atoms with Gasteiger partial charge >= 0.3 is 0 Å². The van der Waals surface area contributed by atoms with E-state index in [4.69, 9.17) is 0 Å². The third-order valence-electron chi connectivity index (χ3n) is 5.89. The van der Waals surface area contributed by atoms with Gasteiger partial charge in [0.2, 0.25) is 0 Å². The Hall–Kier alpha value is 0.210. The van der Waals surface area contributed by atoms with Crippen LogP contribution >= 0.6 is 12.4 Å². The molecule has 0 aromatic heterocycles. The van der Waals surface area contributed by atoms with Crippen LogP contribution in [0.1, 0.15) is 59.3 Å². The number of nitrogens with one attached hydrogen (secondary N) is 1. The Morgan fingerprint density at radius 3 is 1.85 bits per heavy atom. The highest BCUT2D eigenvalue weighted by molar-refractivity contribution is 5.85. The van der Waals surface area contributed by atoms with Gasteiger partial charge in [-0.25, -0.2) is 0 Å². The summed E-state index contributed by atoms with van der Waals surface area (Å²) >= 11 is 0. The molecule has 20 heavy (non-hydrogen) atoms. The molecule has 4 aliphatic carbocycles. The Morgan fingerprint density at radius 1 is 1.05 bits per heavy atom. The summed E-state index contributed by atoms with van der Waals surface area (Å²) in [6.07, 6.45) is 8.58. The maximum atomic E-state index is 9.92. The summed E-state index contributed by atoms with van der Waals surface area (Å²) in [6, 6.07) is 0.333. The van der Waals surface area contributed by atoms with Crippen molar-refractivity contribution < 1.29 is 5.11 Å². The topological polar surface area (TPSA) is 32.3 Å². The van der Waals surface area contributed by atoms with E-state index in [1.165, 1.54) is 38.5 Å². The first-order valence-electron chi connectivity index (χ1n) is 8.24. The average Bonchev–Trinajstić information content (AvgIpc) is 2.25. The van der Waals surface area contributed by atoms with Gasteiger partial charge in [-0.1, -0.05) is 20.8 Å². The van der Waals surface area contributed by atoms with E-state index >= 15 is 0 Å². The molecule has 2 N–H and O–H groups in total. The predicted molar refractivity (Wildman–Crippen MR) is 86.2 cm³/mol. The van der Waals surface area contributed by atoms with Crippen LogP contribution < -0.4 is 5.32 Å². The highest BCUT2D eigenvalue weighted by Crippen LogP contribution is 2.61. The summed E-state index contributed by atoms with van der Waals surface area (Å²) < 4.78 is 0. The van der Waals surface area contributed by atoms with Gasteiger partial charge in [-0.2, -0.15) is 0 Å². The molecular formula is C17H32ClNO. The van der Waals surface area contributed by atoms with Crippen molar-refractivity contribution in [3.8, 4) is 0 Å². The van der Waals surface area contributed by atoms with Gasteiger partial charge in [0.05, 0.1) is 6.61 Å². The Balaban J connectivity index is 0.00000147. The molecule has 0 saturated heterocycles. The number of hydrogen-bond donors (Lipinski definition) is 2. The fraction of sp³-hybridized carbons (Fsp3) is 1.00. The molecule has 0 aliphatic heterocycles. The van der Waals surface area contributed by atoms with Crippen molar-refractivity contribution in [1.29, 1.82) is 0 Å². The van der Waals surface area contributed by atoms with Crippen LogP contribution in [0.5, 0.6) is 0 Å². The minimum absolute atomic E-state index is 0. The highest BCUT2D eigenvalue weighted by atomic mass is 35.5. The monoisotopic (exact) mass is 301 g/mol. The van der Waals surface area contributed by atoms with Gasteiger partial charge < -0.3 is 10.4 Å². The molecule has 3 heteroatoms. The van der Waals surface area contributed by atoms with Crippen molar-refractivity contribution >= 4 is 12.4 Å². The summed E-state index contributed by atoms with van der Waals surface area (Å²) in [7, 11) is 0. The van der Waals surface area contributed by atoms with E-state index in [1.54, 1.807) is 0 Å². The summed E-state index contributed by atoms with van der Waals surface area (Å²) in [6.45, 7) is 8.15. The summed E-state index contributed by atoms with van der Waals surface area (Å²) in [5.74, 6) is 2.91. The van der Waals surface area contributed by atoms with Crippen LogP contribution in [-0.4, -0.2) is 24.3 Å². The zero-order valence-corrected chi connectivity index (χ0v) is 14.1. The van der Waals surface area contributed by atoms with E-state index in [0.29, 0.717) is 23.5 Å². The van der Waals surface area contributed by atoms with Gasteiger partial charge in [0.25, 0.3) is 0 Å². The van der Waals surface area contributed by atoms with Gasteiger partial charge in [0.15, 0.2) is 0 Å². The fourth-order valence-electron chi connectivity index (χ4n) is 5.51. The molecule has 4 rings (SSSR count). The van der Waals surface area contributed by atoms with E-state index in [-0.39, 0.29) is 12.4 Å². The van der Waals surface area contributed by atoms with Gasteiger partial charge in [-0.3, -0.25) is 0 Å². The van der Waals surface area contributed by atoms with E-state index < -0.39 is 0 Å². The zero-order chi connectivity index (χ0) is 13.7. The SMILES string of the molecule is CC(C)(C)CNC(CO)C12CC3CC(CC(C3)C1)C2.Cl. The minimum atomic E-state index is 0. The first-order chi connectivity index (χ1) is 8.90. The van der Waals surface area contributed by atoms with Gasteiger partial charge in [-0.15, -0.1) is 12.4 Å². The lowest BCUT2D eigenvalue weighted by Gasteiger charge is -2.59. The van der Waals surface area contributed by atoms with Crippen LogP contribution in [0, 0.1) is 28.6 Å². The Labute approximate surface area is 130 Å². The molecule has 4 bridgehead atoms. The Bertz CT molecular complexity index is 301. The number of hydrogen-bond acceptors (Lipinski definition) is 2. The molecule has 0 spiro atoms. The fourth-order valence-corrected chi connectivity index (χ4v) is 5.51. The Kier molecular flexibility index (Phi) is 4.79. The molecule has 0 amide bonds. The van der Waals surface area contributed by atoms with Gasteiger partial charge in [0, 0.05) is 12.6 Å². The predicted octanol–water partition coefficient (Wildman–Crippen LogP) is 3.62. The van der Waals surface area contributed by atoms with E-state index in [0.717, 1.165) is 24.3 Å². The molecule has 2 nitrogen and oxygen atoms in total. The van der Waals surface area contributed by atoms with Crippen LogP contribution in [0.2, 0.25) is 0 Å². The molecule has 0 heterocycles. The third-order valence-corrected chi connectivity index (χ3v) is 5.89. The van der Waals surface area contributed by atoms with Crippen molar-refractivity contribution in [2.45, 2.75) is 65.3 Å². The standard InChI is InChI=1S/C17H31NO.ClH/c1-16(2,3)11-18-15(10-19)17-7-12-4-13(8-17)6-14(5-12)9-17;/h12-15,18-19H,4-11H2,1-3H3;1H. The normalized spacial score (nSPS) is 40.5. The van der Waals surface area contributed by atoms with Crippen LogP contribution in [0.3, 0.4) is 0 Å². The number of aliphatic hydroxyl groups is 1. The third kappa shape index (κ3) is 3.18. The van der Waals surface area contributed by atoms with Crippen molar-refractivity contribution in [3.05, 3.63) is 0 Å². The second-order valence-corrected chi connectivity index (χ2v) is 8.96. The van der Waals surface area contributed by atoms with E-state index in [2.05, 4.69) is 26.1 Å². The molecule has 0 aromatic rings. The second kappa shape index (κ2) is 5.78. The van der Waals surface area contributed by atoms with Crippen molar-refractivity contribution in [3.63, 3.8) is 0 Å². The lowest BCUT2D eigenvalue weighted by Crippen LogP contribution is -2.58. The lowest BCUT2D eigenvalue weighted by molar-refractivity contribution is -0.0835. The van der Waals surface area contributed by atoms with Crippen LogP contribution in [-0.2, 0) is 0 Å². The van der Waals surface area contributed by atoms with Crippen LogP contribution in [0.25, 0.3) is 0 Å². The molecule has 4 fully saturated rings. The van der Waals surface area contributed by atoms with E-state index in [1.807, 2.05) is 0 Å². The van der Waals surface area contributed by atoms with Gasteiger partial charge in [0.1, 0.15) is 0 Å². The van der Waals surface area contributed by atoms with Crippen molar-refractivity contribution in [1.82, 2.24) is 5.32 Å². The molecule has 0 radical (unpaired) electrons. The summed E-state index contributed by atoms with van der Waals surface area (Å²) in [5, 5.41) is 13.6.